The van der Waals surface area contributed by atoms with Crippen LogP contribution in [0.5, 0.6) is 0 Å². The van der Waals surface area contributed by atoms with Gasteiger partial charge in [-0.15, -0.1) is 0 Å². The van der Waals surface area contributed by atoms with Gasteiger partial charge in [-0.1, -0.05) is 0 Å². The number of pyridine rings is 1. The molecule has 1 aliphatic heterocycles. The zero-order valence-corrected chi connectivity index (χ0v) is 17.3. The zero-order chi connectivity index (χ0) is 21.1. The summed E-state index contributed by atoms with van der Waals surface area (Å²) in [6.07, 6.45) is 2.85. The Labute approximate surface area is 174 Å². The van der Waals surface area contributed by atoms with Gasteiger partial charge in [0.1, 0.15) is 11.6 Å². The van der Waals surface area contributed by atoms with Crippen LogP contribution in [0.25, 0.3) is 11.3 Å². The van der Waals surface area contributed by atoms with Gasteiger partial charge in [0.15, 0.2) is 9.84 Å². The largest absolute Gasteiger partial charge is 0.384 e. The van der Waals surface area contributed by atoms with E-state index in [-0.39, 0.29) is 4.90 Å². The fourth-order valence-corrected chi connectivity index (χ4v) is 3.67. The second-order valence-corrected chi connectivity index (χ2v) is 8.95. The lowest BCUT2D eigenvalue weighted by atomic mass is 10.2. The molecule has 10 heteroatoms. The van der Waals surface area contributed by atoms with Crippen molar-refractivity contribution >= 4 is 33.1 Å². The molecule has 9 nitrogen and oxygen atoms in total. The minimum absolute atomic E-state index is 0.262. The quantitative estimate of drug-likeness (QED) is 0.631. The van der Waals surface area contributed by atoms with E-state index in [9.17, 15) is 8.42 Å². The van der Waals surface area contributed by atoms with E-state index in [2.05, 4.69) is 20.2 Å². The van der Waals surface area contributed by atoms with Gasteiger partial charge in [-0.3, -0.25) is 0 Å². The third-order valence-electron chi connectivity index (χ3n) is 4.65. The summed E-state index contributed by atoms with van der Waals surface area (Å²) in [4.78, 5) is 15.8. The number of nitrogens with zero attached hydrogens (tertiary/aromatic N) is 4. The van der Waals surface area contributed by atoms with Crippen LogP contribution in [-0.2, 0) is 14.6 Å². The highest BCUT2D eigenvalue weighted by atomic mass is 32.2. The predicted octanol–water partition coefficient (Wildman–Crippen LogP) is 2.10. The van der Waals surface area contributed by atoms with E-state index in [1.165, 1.54) is 6.26 Å². The second kappa shape index (κ2) is 8.25. The van der Waals surface area contributed by atoms with E-state index in [1.54, 1.807) is 36.5 Å². The molecule has 1 saturated heterocycles. The number of rotatable bonds is 5. The van der Waals surface area contributed by atoms with Gasteiger partial charge in [0.05, 0.1) is 23.8 Å². The van der Waals surface area contributed by atoms with Gasteiger partial charge in [0.2, 0.25) is 5.95 Å². The molecule has 1 aliphatic rings. The molecule has 3 N–H and O–H groups in total. The molecule has 1 aromatic carbocycles. The summed E-state index contributed by atoms with van der Waals surface area (Å²) >= 11 is 0. The van der Waals surface area contributed by atoms with Crippen molar-refractivity contribution in [2.24, 2.45) is 0 Å². The Kier molecular flexibility index (Phi) is 5.51. The number of hydrogen-bond acceptors (Lipinski definition) is 9. The highest BCUT2D eigenvalue weighted by Crippen LogP contribution is 2.26. The first-order valence-corrected chi connectivity index (χ1v) is 11.3. The molecule has 0 radical (unpaired) electrons. The van der Waals surface area contributed by atoms with Crippen LogP contribution < -0.4 is 16.0 Å². The molecule has 4 rings (SSSR count). The van der Waals surface area contributed by atoms with Crippen molar-refractivity contribution in [2.75, 3.05) is 48.5 Å². The smallest absolute Gasteiger partial charge is 0.228 e. The van der Waals surface area contributed by atoms with E-state index in [4.69, 9.17) is 15.5 Å². The summed E-state index contributed by atoms with van der Waals surface area (Å²) in [5.41, 5.74) is 7.94. The van der Waals surface area contributed by atoms with Crippen LogP contribution in [-0.4, -0.2) is 55.9 Å². The maximum Gasteiger partial charge on any atom is 0.228 e. The number of aromatic nitrogens is 3. The number of benzene rings is 1. The lowest BCUT2D eigenvalue weighted by Crippen LogP contribution is -2.37. The van der Waals surface area contributed by atoms with Gasteiger partial charge >= 0.3 is 0 Å². The summed E-state index contributed by atoms with van der Waals surface area (Å²) < 4.78 is 28.8. The number of anilines is 4. The van der Waals surface area contributed by atoms with Crippen LogP contribution in [0.3, 0.4) is 0 Å². The van der Waals surface area contributed by atoms with Gasteiger partial charge in [-0.25, -0.2) is 18.4 Å². The average molecular weight is 427 g/mol. The fourth-order valence-electron chi connectivity index (χ4n) is 3.04. The number of sulfone groups is 1. The van der Waals surface area contributed by atoms with Gasteiger partial charge in [0.25, 0.3) is 0 Å². The van der Waals surface area contributed by atoms with Crippen molar-refractivity contribution in [3.05, 3.63) is 48.7 Å². The Balaban J connectivity index is 1.68. The van der Waals surface area contributed by atoms with Crippen molar-refractivity contribution in [3.8, 4) is 11.3 Å². The van der Waals surface area contributed by atoms with Crippen LogP contribution in [0, 0.1) is 0 Å². The molecular weight excluding hydrogens is 404 g/mol. The molecule has 30 heavy (non-hydrogen) atoms. The zero-order valence-electron chi connectivity index (χ0n) is 16.4. The molecule has 0 unspecified atom stereocenters. The molecule has 0 aliphatic carbocycles. The molecule has 3 heterocycles. The molecule has 0 spiro atoms. The van der Waals surface area contributed by atoms with E-state index in [1.807, 2.05) is 12.1 Å². The van der Waals surface area contributed by atoms with Crippen LogP contribution in [0.15, 0.2) is 53.6 Å². The Hall–Kier alpha value is -3.24. The van der Waals surface area contributed by atoms with Crippen molar-refractivity contribution in [1.29, 1.82) is 0 Å². The standard InChI is InChI=1S/C20H22N6O3S/c1-30(27,28)16-5-3-15(4-6-16)23-19-12-17(14-2-7-18(21)22-13-14)24-20(25-19)26-8-10-29-11-9-26/h2-7,12-13H,8-11H2,1H3,(H2,21,22)(H,23,24,25). The first-order chi connectivity index (χ1) is 14.4. The monoisotopic (exact) mass is 426 g/mol. The summed E-state index contributed by atoms with van der Waals surface area (Å²) in [7, 11) is -3.25. The van der Waals surface area contributed by atoms with Crippen LogP contribution in [0.2, 0.25) is 0 Å². The van der Waals surface area contributed by atoms with Crippen molar-refractivity contribution in [3.63, 3.8) is 0 Å². The summed E-state index contributed by atoms with van der Waals surface area (Å²) in [5, 5.41) is 3.23. The minimum Gasteiger partial charge on any atom is -0.384 e. The van der Waals surface area contributed by atoms with Crippen LogP contribution >= 0.6 is 0 Å². The van der Waals surface area contributed by atoms with E-state index >= 15 is 0 Å². The number of nitrogens with one attached hydrogen (secondary N) is 1. The Morgan fingerprint density at radius 3 is 2.43 bits per heavy atom. The summed E-state index contributed by atoms with van der Waals surface area (Å²) in [5.74, 6) is 1.61. The van der Waals surface area contributed by atoms with Crippen LogP contribution in [0.1, 0.15) is 0 Å². The molecule has 0 atom stereocenters. The van der Waals surface area contributed by atoms with Crippen LogP contribution in [0.4, 0.5) is 23.3 Å². The first-order valence-electron chi connectivity index (χ1n) is 9.39. The van der Waals surface area contributed by atoms with Crippen molar-refractivity contribution in [2.45, 2.75) is 4.90 Å². The highest BCUT2D eigenvalue weighted by Gasteiger charge is 2.17. The molecule has 156 valence electrons. The molecule has 1 fully saturated rings. The first kappa shape index (κ1) is 20.0. The topological polar surface area (TPSA) is 123 Å². The third-order valence-corrected chi connectivity index (χ3v) is 5.77. The highest BCUT2D eigenvalue weighted by molar-refractivity contribution is 7.90. The van der Waals surface area contributed by atoms with E-state index in [0.717, 1.165) is 11.3 Å². The molecular formula is C20H22N6O3S. The van der Waals surface area contributed by atoms with E-state index < -0.39 is 9.84 Å². The molecule has 3 aromatic rings. The van der Waals surface area contributed by atoms with Gasteiger partial charge in [0, 0.05) is 42.9 Å². The second-order valence-electron chi connectivity index (χ2n) is 6.93. The number of ether oxygens (including phenoxy) is 1. The lowest BCUT2D eigenvalue weighted by Gasteiger charge is -2.27. The average Bonchev–Trinajstić information content (AvgIpc) is 2.74. The third kappa shape index (κ3) is 4.66. The maximum absolute atomic E-state index is 11.7. The minimum atomic E-state index is -3.25. The van der Waals surface area contributed by atoms with Gasteiger partial charge in [-0.05, 0) is 36.4 Å². The van der Waals surface area contributed by atoms with E-state index in [0.29, 0.717) is 49.6 Å². The number of nitrogens with two attached hydrogens (primary N) is 1. The van der Waals surface area contributed by atoms with Crippen molar-refractivity contribution in [1.82, 2.24) is 15.0 Å². The number of morpholine rings is 1. The molecule has 2 aromatic heterocycles. The fraction of sp³-hybridized carbons (Fsp3) is 0.250. The lowest BCUT2D eigenvalue weighted by molar-refractivity contribution is 0.122. The van der Waals surface area contributed by atoms with Crippen molar-refractivity contribution < 1.29 is 13.2 Å². The SMILES string of the molecule is CS(=O)(=O)c1ccc(Nc2cc(-c3ccc(N)nc3)nc(N3CCOCC3)n2)cc1. The molecule has 0 saturated carbocycles. The maximum atomic E-state index is 11.7. The number of nitrogen functional groups attached to an aromatic ring is 1. The normalized spacial score (nSPS) is 14.5. The molecule has 0 bridgehead atoms. The summed E-state index contributed by atoms with van der Waals surface area (Å²) in [6, 6.07) is 11.9. The van der Waals surface area contributed by atoms with Gasteiger partial charge < -0.3 is 20.7 Å². The van der Waals surface area contributed by atoms with Gasteiger partial charge in [-0.2, -0.15) is 4.98 Å². The predicted molar refractivity (Wildman–Crippen MR) is 116 cm³/mol. The summed E-state index contributed by atoms with van der Waals surface area (Å²) in [6.45, 7) is 2.64. The number of hydrogen-bond donors (Lipinski definition) is 2. The Morgan fingerprint density at radius 2 is 1.80 bits per heavy atom. The Morgan fingerprint density at radius 1 is 1.07 bits per heavy atom. The Bertz CT molecular complexity index is 1130. The molecule has 0 amide bonds.